The average molecular weight is 397 g/mol. The monoisotopic (exact) mass is 396 g/mol. The molecule has 3 aromatic carbocycles. The second-order valence-electron chi connectivity index (χ2n) is 6.45. The van der Waals surface area contributed by atoms with Gasteiger partial charge in [-0.05, 0) is 60.9 Å². The van der Waals surface area contributed by atoms with Crippen molar-refractivity contribution in [2.75, 3.05) is 0 Å². The van der Waals surface area contributed by atoms with Gasteiger partial charge in [-0.1, -0.05) is 41.9 Å². The smallest absolute Gasteiger partial charge is 0.303 e. The first-order chi connectivity index (χ1) is 13.5. The van der Waals surface area contributed by atoms with E-state index in [1.807, 2.05) is 67.6 Å². The molecule has 4 nitrogen and oxygen atoms in total. The van der Waals surface area contributed by atoms with E-state index in [-0.39, 0.29) is 6.42 Å². The fourth-order valence-electron chi connectivity index (χ4n) is 2.73. The molecule has 0 aliphatic carbocycles. The molecule has 0 bridgehead atoms. The number of ether oxygens (including phenoxy) is 2. The zero-order valence-electron chi connectivity index (χ0n) is 15.5. The molecular weight excluding hydrogens is 376 g/mol. The summed E-state index contributed by atoms with van der Waals surface area (Å²) in [5, 5.41) is 9.43. The van der Waals surface area contributed by atoms with Crippen LogP contribution in [0.1, 0.15) is 23.1 Å². The molecule has 0 aliphatic rings. The van der Waals surface area contributed by atoms with E-state index in [0.29, 0.717) is 18.1 Å². The molecule has 0 amide bonds. The minimum absolute atomic E-state index is 0.120. The van der Waals surface area contributed by atoms with Gasteiger partial charge in [0.05, 0.1) is 0 Å². The van der Waals surface area contributed by atoms with Gasteiger partial charge < -0.3 is 14.6 Å². The normalized spacial score (nSPS) is 10.5. The summed E-state index contributed by atoms with van der Waals surface area (Å²) in [5.74, 6) is 1.40. The lowest BCUT2D eigenvalue weighted by Crippen LogP contribution is -2.00. The maximum absolute atomic E-state index is 10.7. The highest BCUT2D eigenvalue weighted by Gasteiger charge is 2.08. The minimum Gasteiger partial charge on any atom is -0.489 e. The van der Waals surface area contributed by atoms with E-state index in [2.05, 4.69) is 0 Å². The van der Waals surface area contributed by atoms with Crippen LogP contribution in [0.2, 0.25) is 5.02 Å². The first-order valence-corrected chi connectivity index (χ1v) is 9.34. The molecule has 0 unspecified atom stereocenters. The van der Waals surface area contributed by atoms with Crippen LogP contribution in [0.25, 0.3) is 0 Å². The molecule has 0 heterocycles. The van der Waals surface area contributed by atoms with Crippen molar-refractivity contribution in [3.05, 3.63) is 88.4 Å². The third kappa shape index (κ3) is 5.51. The Bertz CT molecular complexity index is 951. The molecule has 0 fully saturated rings. The highest BCUT2D eigenvalue weighted by molar-refractivity contribution is 6.30. The van der Waals surface area contributed by atoms with E-state index < -0.39 is 5.97 Å². The largest absolute Gasteiger partial charge is 0.489 e. The van der Waals surface area contributed by atoms with Crippen LogP contribution < -0.4 is 9.47 Å². The van der Waals surface area contributed by atoms with Gasteiger partial charge in [-0.2, -0.15) is 0 Å². The van der Waals surface area contributed by atoms with Crippen LogP contribution >= 0.6 is 11.6 Å². The van der Waals surface area contributed by atoms with Crippen LogP contribution in [0.3, 0.4) is 0 Å². The topological polar surface area (TPSA) is 55.8 Å². The number of para-hydroxylation sites is 1. The van der Waals surface area contributed by atoms with Gasteiger partial charge in [-0.25, -0.2) is 0 Å². The zero-order chi connectivity index (χ0) is 19.9. The highest BCUT2D eigenvalue weighted by Crippen LogP contribution is 2.30. The Kier molecular flexibility index (Phi) is 6.56. The van der Waals surface area contributed by atoms with Gasteiger partial charge in [-0.3, -0.25) is 4.79 Å². The third-order valence-corrected chi connectivity index (χ3v) is 4.51. The van der Waals surface area contributed by atoms with E-state index in [0.717, 1.165) is 33.9 Å². The van der Waals surface area contributed by atoms with Gasteiger partial charge in [0.1, 0.15) is 23.9 Å². The highest BCUT2D eigenvalue weighted by atomic mass is 35.5. The zero-order valence-corrected chi connectivity index (χ0v) is 16.3. The Labute approximate surface area is 169 Å². The summed E-state index contributed by atoms with van der Waals surface area (Å²) in [6.45, 7) is 2.31. The summed E-state index contributed by atoms with van der Waals surface area (Å²) in [6, 6.07) is 20.7. The second kappa shape index (κ2) is 9.29. The Balaban J connectivity index is 1.66. The van der Waals surface area contributed by atoms with Crippen LogP contribution in [0.4, 0.5) is 0 Å². The van der Waals surface area contributed by atoms with Crippen molar-refractivity contribution in [3.8, 4) is 17.2 Å². The van der Waals surface area contributed by atoms with E-state index >= 15 is 0 Å². The number of carbonyl (C=O) groups is 1. The summed E-state index contributed by atoms with van der Waals surface area (Å²) in [5.41, 5.74) is 2.85. The Morgan fingerprint density at radius 3 is 2.46 bits per heavy atom. The quantitative estimate of drug-likeness (QED) is 0.504. The van der Waals surface area contributed by atoms with Crippen LogP contribution in [0.5, 0.6) is 17.2 Å². The third-order valence-electron chi connectivity index (χ3n) is 4.27. The molecule has 5 heteroatoms. The van der Waals surface area contributed by atoms with Crippen molar-refractivity contribution in [1.82, 2.24) is 0 Å². The maximum Gasteiger partial charge on any atom is 0.303 e. The van der Waals surface area contributed by atoms with Crippen LogP contribution in [0.15, 0.2) is 66.7 Å². The molecule has 0 saturated carbocycles. The van der Waals surface area contributed by atoms with Gasteiger partial charge in [0.25, 0.3) is 0 Å². The summed E-state index contributed by atoms with van der Waals surface area (Å²) in [4.78, 5) is 10.7. The van der Waals surface area contributed by atoms with Gasteiger partial charge in [0, 0.05) is 17.0 Å². The summed E-state index contributed by atoms with van der Waals surface area (Å²) in [7, 11) is 0. The first kappa shape index (κ1) is 19.8. The number of carboxylic acid groups (broad SMARTS) is 1. The van der Waals surface area contributed by atoms with Crippen LogP contribution in [-0.4, -0.2) is 11.1 Å². The van der Waals surface area contributed by atoms with E-state index in [1.54, 1.807) is 6.07 Å². The molecule has 3 aromatic rings. The summed E-state index contributed by atoms with van der Waals surface area (Å²) in [6.07, 6.45) is 0.627. The molecule has 0 atom stereocenters. The number of aryl methyl sites for hydroxylation is 2. The van der Waals surface area contributed by atoms with Crippen molar-refractivity contribution in [3.63, 3.8) is 0 Å². The SMILES string of the molecule is Cc1cc(Cl)ccc1Oc1ccccc1COc1ccc(CCC(=O)O)cc1. The Morgan fingerprint density at radius 1 is 1.00 bits per heavy atom. The molecule has 1 N–H and O–H groups in total. The van der Waals surface area contributed by atoms with E-state index in [9.17, 15) is 4.79 Å². The van der Waals surface area contributed by atoms with Gasteiger partial charge in [0.15, 0.2) is 0 Å². The van der Waals surface area contributed by atoms with Gasteiger partial charge >= 0.3 is 5.97 Å². The summed E-state index contributed by atoms with van der Waals surface area (Å²) >= 11 is 6.01. The van der Waals surface area contributed by atoms with Crippen LogP contribution in [-0.2, 0) is 17.8 Å². The number of hydrogen-bond donors (Lipinski definition) is 1. The number of hydrogen-bond acceptors (Lipinski definition) is 3. The second-order valence-corrected chi connectivity index (χ2v) is 6.88. The average Bonchev–Trinajstić information content (AvgIpc) is 2.68. The predicted molar refractivity (Wildman–Crippen MR) is 109 cm³/mol. The van der Waals surface area contributed by atoms with Crippen molar-refractivity contribution >= 4 is 17.6 Å². The molecule has 3 rings (SSSR count). The fourth-order valence-corrected chi connectivity index (χ4v) is 2.96. The molecule has 28 heavy (non-hydrogen) atoms. The van der Waals surface area contributed by atoms with Gasteiger partial charge in [-0.15, -0.1) is 0 Å². The van der Waals surface area contributed by atoms with Crippen LogP contribution in [0, 0.1) is 6.92 Å². The number of halogens is 1. The summed E-state index contributed by atoms with van der Waals surface area (Å²) < 4.78 is 11.9. The fraction of sp³-hybridized carbons (Fsp3) is 0.174. The number of benzene rings is 3. The standard InChI is InChI=1S/C23H21ClO4/c1-16-14-19(24)9-12-21(16)28-22-5-3-2-4-18(22)15-27-20-10-6-17(7-11-20)8-13-23(25)26/h2-7,9-12,14H,8,13,15H2,1H3,(H,25,26). The Morgan fingerprint density at radius 2 is 1.75 bits per heavy atom. The van der Waals surface area contributed by atoms with Crippen molar-refractivity contribution in [2.24, 2.45) is 0 Å². The molecule has 0 aromatic heterocycles. The predicted octanol–water partition coefficient (Wildman–Crippen LogP) is 6.04. The number of rotatable bonds is 8. The van der Waals surface area contributed by atoms with E-state index in [1.165, 1.54) is 0 Å². The minimum atomic E-state index is -0.798. The molecule has 0 radical (unpaired) electrons. The van der Waals surface area contributed by atoms with Gasteiger partial charge in [0.2, 0.25) is 0 Å². The van der Waals surface area contributed by atoms with E-state index in [4.69, 9.17) is 26.2 Å². The van der Waals surface area contributed by atoms with Crippen molar-refractivity contribution < 1.29 is 19.4 Å². The lowest BCUT2D eigenvalue weighted by Gasteiger charge is -2.14. The van der Waals surface area contributed by atoms with Crippen molar-refractivity contribution in [2.45, 2.75) is 26.4 Å². The molecule has 0 saturated heterocycles. The molecule has 144 valence electrons. The Hall–Kier alpha value is -2.98. The van der Waals surface area contributed by atoms with Crippen molar-refractivity contribution in [1.29, 1.82) is 0 Å². The molecule has 0 spiro atoms. The maximum atomic E-state index is 10.7. The number of aliphatic carboxylic acids is 1. The lowest BCUT2D eigenvalue weighted by atomic mass is 10.1. The molecular formula is C23H21ClO4. The number of carboxylic acids is 1. The lowest BCUT2D eigenvalue weighted by molar-refractivity contribution is -0.136. The first-order valence-electron chi connectivity index (χ1n) is 8.97. The molecule has 0 aliphatic heterocycles.